The van der Waals surface area contributed by atoms with E-state index in [1.54, 1.807) is 24.3 Å². The van der Waals surface area contributed by atoms with Crippen LogP contribution in [-0.4, -0.2) is 18.6 Å². The second-order valence-electron chi connectivity index (χ2n) is 13.4. The van der Waals surface area contributed by atoms with Gasteiger partial charge in [-0.25, -0.2) is 4.79 Å². The molecule has 1 N–H and O–H groups in total. The first-order valence-electron chi connectivity index (χ1n) is 18.9. The molecule has 0 saturated heterocycles. The average Bonchev–Trinajstić information content (AvgIpc) is 3.23. The van der Waals surface area contributed by atoms with Crippen molar-refractivity contribution in [2.24, 2.45) is 30.7 Å². The lowest BCUT2D eigenvalue weighted by atomic mass is 10.1. The lowest BCUT2D eigenvalue weighted by Gasteiger charge is -2.15. The van der Waals surface area contributed by atoms with Crippen LogP contribution >= 0.6 is 0 Å². The molecule has 0 aromatic heterocycles. The van der Waals surface area contributed by atoms with E-state index in [1.807, 2.05) is 91.0 Å². The molecule has 1 atom stereocenters. The predicted molar refractivity (Wildman–Crippen MR) is 224 cm³/mol. The van der Waals surface area contributed by atoms with E-state index in [-0.39, 0.29) is 5.97 Å². The van der Waals surface area contributed by atoms with Crippen molar-refractivity contribution in [2.75, 3.05) is 11.9 Å². The van der Waals surface area contributed by atoms with E-state index in [0.717, 1.165) is 80.8 Å². The summed E-state index contributed by atoms with van der Waals surface area (Å²) in [6.45, 7) is 6.90. The van der Waals surface area contributed by atoms with Crippen molar-refractivity contribution in [3.05, 3.63) is 139 Å². The highest BCUT2D eigenvalue weighted by atomic mass is 16.5. The predicted octanol–water partition coefficient (Wildman–Crippen LogP) is 14.9. The monoisotopic (exact) mass is 725 g/mol. The Labute approximate surface area is 320 Å². The minimum absolute atomic E-state index is 0.328. The Morgan fingerprint density at radius 1 is 0.527 bits per heavy atom. The molecule has 9 nitrogen and oxygen atoms in total. The minimum atomic E-state index is -0.328. The van der Waals surface area contributed by atoms with Gasteiger partial charge in [0.25, 0.3) is 0 Å². The summed E-state index contributed by atoms with van der Waals surface area (Å²) in [5.74, 6) is -0.328. The van der Waals surface area contributed by atoms with Crippen LogP contribution < -0.4 is 5.32 Å². The van der Waals surface area contributed by atoms with Gasteiger partial charge in [0.05, 0.1) is 46.3 Å². The Morgan fingerprint density at radius 3 is 1.40 bits per heavy atom. The maximum atomic E-state index is 12.3. The SMILES string of the molecule is CCCCCOC(=O)c1ccc(N=Nc2ccc(N=Nc3ccc(N=Nc4ccc(NC(C)CC)c5ccccc45)c4ccccc34)c3ccccc23)cc1. The number of fused-ring (bicyclic) bond motifs is 3. The van der Waals surface area contributed by atoms with Gasteiger partial charge in [-0.3, -0.25) is 0 Å². The normalized spacial score (nSPS) is 12.4. The molecule has 0 bridgehead atoms. The van der Waals surface area contributed by atoms with Gasteiger partial charge in [-0.15, -0.1) is 25.6 Å². The smallest absolute Gasteiger partial charge is 0.338 e. The maximum absolute atomic E-state index is 12.3. The molecule has 0 aliphatic heterocycles. The third-order valence-electron chi connectivity index (χ3n) is 9.56. The summed E-state index contributed by atoms with van der Waals surface area (Å²) in [7, 11) is 0. The van der Waals surface area contributed by atoms with Gasteiger partial charge < -0.3 is 10.1 Å². The summed E-state index contributed by atoms with van der Waals surface area (Å²) < 4.78 is 5.36. The Bertz CT molecular complexity index is 2540. The number of anilines is 1. The molecule has 7 aromatic carbocycles. The van der Waals surface area contributed by atoms with Crippen molar-refractivity contribution in [1.29, 1.82) is 0 Å². The van der Waals surface area contributed by atoms with Gasteiger partial charge in [0.2, 0.25) is 0 Å². The molecule has 0 radical (unpaired) electrons. The molecule has 9 heteroatoms. The zero-order chi connectivity index (χ0) is 38.0. The number of nitrogens with zero attached hydrogens (tertiary/aromatic N) is 6. The van der Waals surface area contributed by atoms with Gasteiger partial charge >= 0.3 is 5.97 Å². The lowest BCUT2D eigenvalue weighted by Crippen LogP contribution is -2.13. The van der Waals surface area contributed by atoms with Gasteiger partial charge in [-0.1, -0.05) is 99.5 Å². The van der Waals surface area contributed by atoms with E-state index in [1.165, 1.54) is 0 Å². The lowest BCUT2D eigenvalue weighted by molar-refractivity contribution is 0.0498. The third-order valence-corrected chi connectivity index (χ3v) is 9.56. The highest BCUT2D eigenvalue weighted by Crippen LogP contribution is 2.39. The summed E-state index contributed by atoms with van der Waals surface area (Å²) in [5, 5.41) is 37.3. The van der Waals surface area contributed by atoms with Crippen LogP contribution in [0.25, 0.3) is 32.3 Å². The topological polar surface area (TPSA) is 112 Å². The summed E-state index contributed by atoms with van der Waals surface area (Å²) in [5.41, 5.74) is 5.90. The van der Waals surface area contributed by atoms with Crippen molar-refractivity contribution in [2.45, 2.75) is 52.5 Å². The summed E-state index contributed by atoms with van der Waals surface area (Å²) >= 11 is 0. The number of carbonyl (C=O) groups excluding carboxylic acids is 1. The van der Waals surface area contributed by atoms with Gasteiger partial charge in [-0.2, -0.15) is 5.11 Å². The standard InChI is InChI=1S/C46H43N7O2/c1-4-6-13-30-55-46(54)32-20-22-33(23-21-32)48-49-41-26-27-43(37-17-10-9-16-36(37)41)52-53-45-29-28-44(38-18-11-12-19-39(38)45)51-50-42-25-24-40(47-31(3)5-2)34-14-7-8-15-35(34)42/h7-12,14-29,31,47H,4-6,13,30H2,1-3H3. The molecule has 55 heavy (non-hydrogen) atoms. The molecule has 7 aromatic rings. The Balaban J connectivity index is 1.11. The summed E-state index contributed by atoms with van der Waals surface area (Å²) in [6, 6.07) is 43.3. The number of ether oxygens (including phenoxy) is 1. The van der Waals surface area contributed by atoms with E-state index < -0.39 is 0 Å². The third kappa shape index (κ3) is 8.63. The van der Waals surface area contributed by atoms with E-state index in [9.17, 15) is 4.79 Å². The Hall–Kier alpha value is -6.61. The number of rotatable bonds is 14. The van der Waals surface area contributed by atoms with Crippen molar-refractivity contribution >= 4 is 78.1 Å². The number of unbranched alkanes of at least 4 members (excludes halogenated alkanes) is 2. The first-order chi connectivity index (χ1) is 27.0. The summed E-state index contributed by atoms with van der Waals surface area (Å²) in [4.78, 5) is 12.3. The second-order valence-corrected chi connectivity index (χ2v) is 13.4. The van der Waals surface area contributed by atoms with E-state index in [0.29, 0.717) is 35.3 Å². The molecule has 0 heterocycles. The zero-order valence-electron chi connectivity index (χ0n) is 31.3. The molecule has 0 aliphatic rings. The molecular weight excluding hydrogens is 683 g/mol. The van der Waals surface area contributed by atoms with Crippen LogP contribution in [0.5, 0.6) is 0 Å². The Kier molecular flexibility index (Phi) is 11.7. The number of azo groups is 3. The molecule has 0 spiro atoms. The van der Waals surface area contributed by atoms with Crippen molar-refractivity contribution in [3.8, 4) is 0 Å². The highest BCUT2D eigenvalue weighted by Gasteiger charge is 2.11. The van der Waals surface area contributed by atoms with Gasteiger partial charge in [0.1, 0.15) is 0 Å². The molecule has 1 unspecified atom stereocenters. The van der Waals surface area contributed by atoms with Crippen LogP contribution in [0.1, 0.15) is 56.8 Å². The zero-order valence-corrected chi connectivity index (χ0v) is 31.3. The number of hydrogen-bond donors (Lipinski definition) is 1. The van der Waals surface area contributed by atoms with Crippen molar-refractivity contribution in [1.82, 2.24) is 0 Å². The van der Waals surface area contributed by atoms with Crippen LogP contribution in [-0.2, 0) is 4.74 Å². The fourth-order valence-electron chi connectivity index (χ4n) is 6.34. The largest absolute Gasteiger partial charge is 0.462 e. The van der Waals surface area contributed by atoms with Crippen LogP contribution in [0.2, 0.25) is 0 Å². The van der Waals surface area contributed by atoms with Crippen molar-refractivity contribution in [3.63, 3.8) is 0 Å². The number of carbonyl (C=O) groups is 1. The van der Waals surface area contributed by atoms with Crippen LogP contribution in [0.4, 0.5) is 39.8 Å². The maximum Gasteiger partial charge on any atom is 0.338 e. The molecule has 274 valence electrons. The van der Waals surface area contributed by atoms with Gasteiger partial charge in [-0.05, 0) is 80.4 Å². The van der Waals surface area contributed by atoms with E-state index >= 15 is 0 Å². The first-order valence-corrected chi connectivity index (χ1v) is 18.9. The minimum Gasteiger partial charge on any atom is -0.462 e. The highest BCUT2D eigenvalue weighted by molar-refractivity contribution is 6.02. The van der Waals surface area contributed by atoms with Crippen LogP contribution in [0, 0.1) is 0 Å². The van der Waals surface area contributed by atoms with Gasteiger partial charge in [0, 0.05) is 44.0 Å². The molecule has 0 amide bonds. The molecular formula is C46H43N7O2. The summed E-state index contributed by atoms with van der Waals surface area (Å²) in [6.07, 6.45) is 4.02. The fourth-order valence-corrected chi connectivity index (χ4v) is 6.34. The number of nitrogens with one attached hydrogen (secondary N) is 1. The van der Waals surface area contributed by atoms with E-state index in [4.69, 9.17) is 25.2 Å². The molecule has 0 fully saturated rings. The molecule has 7 rings (SSSR count). The molecule has 0 saturated carbocycles. The fraction of sp³-hybridized carbons (Fsp3) is 0.196. The van der Waals surface area contributed by atoms with E-state index in [2.05, 4.69) is 54.5 Å². The second kappa shape index (κ2) is 17.5. The van der Waals surface area contributed by atoms with Gasteiger partial charge in [0.15, 0.2) is 0 Å². The quantitative estimate of drug-likeness (QED) is 0.0684. The number of benzene rings is 7. The Morgan fingerprint density at radius 2 is 0.945 bits per heavy atom. The molecule has 0 aliphatic carbocycles. The van der Waals surface area contributed by atoms with Crippen LogP contribution in [0.15, 0.2) is 164 Å². The average molecular weight is 726 g/mol. The number of esters is 1. The number of hydrogen-bond acceptors (Lipinski definition) is 9. The van der Waals surface area contributed by atoms with Crippen molar-refractivity contribution < 1.29 is 9.53 Å². The van der Waals surface area contributed by atoms with Crippen LogP contribution in [0.3, 0.4) is 0 Å². The first kappa shape index (κ1) is 36.7.